The zero-order valence-electron chi connectivity index (χ0n) is 11.8. The molecule has 0 aliphatic heterocycles. The molecule has 112 valence electrons. The number of halogens is 1. The number of carbonyl (C=O) groups is 1. The Morgan fingerprint density at radius 2 is 2.33 bits per heavy atom. The quantitative estimate of drug-likeness (QED) is 0.567. The van der Waals surface area contributed by atoms with Gasteiger partial charge in [-0.3, -0.25) is 4.79 Å². The number of aliphatic carboxylic acids is 1. The van der Waals surface area contributed by atoms with E-state index in [1.165, 1.54) is 24.6 Å². The van der Waals surface area contributed by atoms with E-state index in [1.54, 1.807) is 0 Å². The second-order valence-corrected chi connectivity index (χ2v) is 7.80. The van der Waals surface area contributed by atoms with Crippen LogP contribution in [0.25, 0.3) is 11.0 Å². The van der Waals surface area contributed by atoms with Crippen molar-refractivity contribution in [3.8, 4) is 0 Å². The summed E-state index contributed by atoms with van der Waals surface area (Å²) in [4.78, 5) is 15.5. The van der Waals surface area contributed by atoms with Crippen molar-refractivity contribution in [1.82, 2.24) is 9.55 Å². The lowest BCUT2D eigenvalue weighted by atomic mass is 10.1. The molecule has 21 heavy (non-hydrogen) atoms. The number of aromatic nitrogens is 2. The van der Waals surface area contributed by atoms with Crippen LogP contribution in [-0.2, 0) is 4.79 Å². The highest BCUT2D eigenvalue weighted by Crippen LogP contribution is 2.39. The fourth-order valence-corrected chi connectivity index (χ4v) is 3.95. The third-order valence-corrected chi connectivity index (χ3v) is 5.36. The van der Waals surface area contributed by atoms with E-state index in [1.807, 2.05) is 0 Å². The van der Waals surface area contributed by atoms with E-state index in [2.05, 4.69) is 57.3 Å². The lowest BCUT2D eigenvalue weighted by Gasteiger charge is -2.16. The number of imidazole rings is 1. The van der Waals surface area contributed by atoms with Crippen molar-refractivity contribution in [3.05, 3.63) is 21.8 Å². The fourth-order valence-electron chi connectivity index (χ4n) is 2.65. The molecule has 1 heterocycles. The molecule has 6 heteroatoms. The Morgan fingerprint density at radius 3 is 3.00 bits per heavy atom. The Bertz CT molecular complexity index is 682. The van der Waals surface area contributed by atoms with Gasteiger partial charge in [-0.05, 0) is 60.1 Å². The van der Waals surface area contributed by atoms with E-state index in [0.29, 0.717) is 6.04 Å². The van der Waals surface area contributed by atoms with Crippen molar-refractivity contribution < 1.29 is 9.90 Å². The smallest absolute Gasteiger partial charge is 0.313 e. The molecule has 1 saturated carbocycles. The Labute approximate surface area is 141 Å². The summed E-state index contributed by atoms with van der Waals surface area (Å²) in [5, 5.41) is 9.74. The molecule has 3 rings (SSSR count). The van der Waals surface area contributed by atoms with Crippen LogP contribution in [0.4, 0.5) is 0 Å². The number of rotatable bonds is 6. The van der Waals surface area contributed by atoms with Gasteiger partial charge in [0.05, 0.1) is 16.8 Å². The minimum absolute atomic E-state index is 0.0521. The number of benzene rings is 1. The minimum atomic E-state index is -0.803. The second-order valence-electron chi connectivity index (χ2n) is 5.61. The topological polar surface area (TPSA) is 55.1 Å². The Kier molecular flexibility index (Phi) is 4.44. The maximum atomic E-state index is 10.9. The van der Waals surface area contributed by atoms with Crippen molar-refractivity contribution in [2.45, 2.75) is 37.4 Å². The molecule has 1 aliphatic carbocycles. The van der Waals surface area contributed by atoms with Crippen LogP contribution in [0.2, 0.25) is 0 Å². The molecular weight excluding hydrogens is 399 g/mol. The molecule has 2 aromatic rings. The van der Waals surface area contributed by atoms with Crippen LogP contribution in [-0.4, -0.2) is 26.4 Å². The third-order valence-electron chi connectivity index (χ3n) is 3.76. The summed E-state index contributed by atoms with van der Waals surface area (Å²) < 4.78 is 3.37. The maximum Gasteiger partial charge on any atom is 0.313 e. The Hall–Kier alpha value is -0.760. The van der Waals surface area contributed by atoms with E-state index < -0.39 is 5.97 Å². The highest BCUT2D eigenvalue weighted by Gasteiger charge is 2.26. The average Bonchev–Trinajstić information content (AvgIpc) is 3.15. The summed E-state index contributed by atoms with van der Waals surface area (Å²) in [6, 6.07) is 6.59. The molecule has 1 N–H and O–H groups in total. The predicted molar refractivity (Wildman–Crippen MR) is 92.9 cm³/mol. The normalized spacial score (nSPS) is 16.3. The van der Waals surface area contributed by atoms with Crippen molar-refractivity contribution in [2.24, 2.45) is 5.92 Å². The standard InChI is InChI=1S/C15H17IN2O2S/c1-9(6-10-2-3-10)18-13-5-4-11(16)7-12(13)17-15(18)21-8-14(19)20/h4-5,7,9-10H,2-3,6,8H2,1H3,(H,19,20). The van der Waals surface area contributed by atoms with E-state index in [0.717, 1.165) is 32.1 Å². The summed E-state index contributed by atoms with van der Waals surface area (Å²) in [7, 11) is 0. The lowest BCUT2D eigenvalue weighted by Crippen LogP contribution is -2.09. The van der Waals surface area contributed by atoms with E-state index in [9.17, 15) is 4.79 Å². The SMILES string of the molecule is CC(CC1CC1)n1c(SCC(=O)O)nc2cc(I)ccc21. The zero-order chi connectivity index (χ0) is 15.0. The van der Waals surface area contributed by atoms with Gasteiger partial charge in [-0.2, -0.15) is 0 Å². The summed E-state index contributed by atoms with van der Waals surface area (Å²) in [5.41, 5.74) is 2.06. The molecule has 0 saturated heterocycles. The highest BCUT2D eigenvalue weighted by molar-refractivity contribution is 14.1. The van der Waals surface area contributed by atoms with Crippen LogP contribution in [0.5, 0.6) is 0 Å². The first kappa shape index (κ1) is 15.1. The van der Waals surface area contributed by atoms with Crippen molar-refractivity contribution >= 4 is 51.4 Å². The largest absolute Gasteiger partial charge is 0.481 e. The van der Waals surface area contributed by atoms with Crippen molar-refractivity contribution in [3.63, 3.8) is 0 Å². The maximum absolute atomic E-state index is 10.9. The minimum Gasteiger partial charge on any atom is -0.481 e. The summed E-state index contributed by atoms with van der Waals surface area (Å²) in [6.45, 7) is 2.21. The molecule has 1 atom stereocenters. The molecule has 1 aromatic heterocycles. The number of carboxylic acid groups (broad SMARTS) is 1. The van der Waals surface area contributed by atoms with Crippen LogP contribution in [0.15, 0.2) is 23.4 Å². The lowest BCUT2D eigenvalue weighted by molar-refractivity contribution is -0.133. The number of nitrogens with zero attached hydrogens (tertiary/aromatic N) is 2. The molecule has 1 unspecified atom stereocenters. The van der Waals surface area contributed by atoms with E-state index >= 15 is 0 Å². The molecule has 4 nitrogen and oxygen atoms in total. The van der Waals surface area contributed by atoms with Gasteiger partial charge in [0, 0.05) is 9.61 Å². The van der Waals surface area contributed by atoms with Gasteiger partial charge in [0.15, 0.2) is 5.16 Å². The van der Waals surface area contributed by atoms with Crippen LogP contribution in [0.3, 0.4) is 0 Å². The van der Waals surface area contributed by atoms with Crippen molar-refractivity contribution in [2.75, 3.05) is 5.75 Å². The van der Waals surface area contributed by atoms with Gasteiger partial charge >= 0.3 is 5.97 Å². The van der Waals surface area contributed by atoms with Crippen molar-refractivity contribution in [1.29, 1.82) is 0 Å². The van der Waals surface area contributed by atoms with Crippen LogP contribution >= 0.6 is 34.4 Å². The molecule has 1 aromatic carbocycles. The van der Waals surface area contributed by atoms with E-state index in [-0.39, 0.29) is 5.75 Å². The summed E-state index contributed by atoms with van der Waals surface area (Å²) >= 11 is 3.59. The molecule has 0 bridgehead atoms. The number of hydrogen-bond acceptors (Lipinski definition) is 3. The first-order chi connectivity index (χ1) is 10.0. The van der Waals surface area contributed by atoms with Crippen LogP contribution in [0.1, 0.15) is 32.2 Å². The average molecular weight is 416 g/mol. The van der Waals surface area contributed by atoms with Gasteiger partial charge in [0.25, 0.3) is 0 Å². The van der Waals surface area contributed by atoms with Gasteiger partial charge < -0.3 is 9.67 Å². The molecule has 0 radical (unpaired) electrons. The first-order valence-electron chi connectivity index (χ1n) is 7.06. The van der Waals surface area contributed by atoms with Gasteiger partial charge in [-0.15, -0.1) is 0 Å². The molecule has 0 amide bonds. The van der Waals surface area contributed by atoms with Crippen LogP contribution in [0, 0.1) is 9.49 Å². The zero-order valence-corrected chi connectivity index (χ0v) is 14.7. The van der Waals surface area contributed by atoms with Gasteiger partial charge in [-0.1, -0.05) is 24.6 Å². The van der Waals surface area contributed by atoms with Gasteiger partial charge in [0.1, 0.15) is 0 Å². The monoisotopic (exact) mass is 416 g/mol. The predicted octanol–water partition coefficient (Wildman–Crippen LogP) is 4.18. The fraction of sp³-hybridized carbons (Fsp3) is 0.467. The molecular formula is C15H17IN2O2S. The third kappa shape index (κ3) is 3.53. The number of fused-ring (bicyclic) bond motifs is 1. The van der Waals surface area contributed by atoms with Crippen LogP contribution < -0.4 is 0 Å². The second kappa shape index (κ2) is 6.16. The number of carboxylic acids is 1. The van der Waals surface area contributed by atoms with Gasteiger partial charge in [0.2, 0.25) is 0 Å². The molecule has 1 fully saturated rings. The summed E-state index contributed by atoms with van der Waals surface area (Å²) in [5.74, 6) is 0.0815. The first-order valence-corrected chi connectivity index (χ1v) is 9.13. The molecule has 0 spiro atoms. The Morgan fingerprint density at radius 1 is 1.57 bits per heavy atom. The Balaban J connectivity index is 1.98. The van der Waals surface area contributed by atoms with E-state index in [4.69, 9.17) is 5.11 Å². The summed E-state index contributed by atoms with van der Waals surface area (Å²) in [6.07, 6.45) is 3.80. The highest BCUT2D eigenvalue weighted by atomic mass is 127. The number of hydrogen-bond donors (Lipinski definition) is 1. The number of thioether (sulfide) groups is 1. The molecule has 1 aliphatic rings. The van der Waals surface area contributed by atoms with Gasteiger partial charge in [-0.25, -0.2) is 4.98 Å².